The molecule has 0 aliphatic heterocycles. The normalized spacial score (nSPS) is 11.2. The lowest BCUT2D eigenvalue weighted by atomic mass is 10.2. The van der Waals surface area contributed by atoms with E-state index in [4.69, 9.17) is 11.6 Å². The molecule has 0 saturated carbocycles. The van der Waals surface area contributed by atoms with Crippen LogP contribution in [0, 0.1) is 6.92 Å². The van der Waals surface area contributed by atoms with Crippen LogP contribution in [0.4, 0.5) is 5.69 Å². The number of amides is 1. The van der Waals surface area contributed by atoms with Crippen LogP contribution in [0.3, 0.4) is 0 Å². The minimum absolute atomic E-state index is 0.0761. The SMILES string of the molecule is Cc1ccc(CSCCNC(=O)CN(c2ccccc2)S(=O)(=O)c2ccc(Cl)cc2)cc1. The molecule has 3 aromatic rings. The van der Waals surface area contributed by atoms with Gasteiger partial charge in [0.15, 0.2) is 0 Å². The van der Waals surface area contributed by atoms with E-state index in [1.54, 1.807) is 42.1 Å². The van der Waals surface area contributed by atoms with Crippen molar-refractivity contribution >= 4 is 45.0 Å². The molecule has 0 aliphatic rings. The Morgan fingerprint density at radius 3 is 2.28 bits per heavy atom. The smallest absolute Gasteiger partial charge is 0.264 e. The second kappa shape index (κ2) is 11.4. The number of hydrogen-bond donors (Lipinski definition) is 1. The molecule has 0 atom stereocenters. The van der Waals surface area contributed by atoms with Crippen molar-refractivity contribution in [1.82, 2.24) is 5.32 Å². The van der Waals surface area contributed by atoms with Crippen molar-refractivity contribution in [2.45, 2.75) is 17.6 Å². The minimum atomic E-state index is -3.93. The first-order valence-corrected chi connectivity index (χ1v) is 13.1. The van der Waals surface area contributed by atoms with Gasteiger partial charge in [0, 0.05) is 23.1 Å². The predicted molar refractivity (Wildman–Crippen MR) is 133 cm³/mol. The third-order valence-electron chi connectivity index (χ3n) is 4.69. The lowest BCUT2D eigenvalue weighted by molar-refractivity contribution is -0.119. The Balaban J connectivity index is 1.60. The monoisotopic (exact) mass is 488 g/mol. The number of thioether (sulfide) groups is 1. The largest absolute Gasteiger partial charge is 0.354 e. The molecule has 5 nitrogen and oxygen atoms in total. The van der Waals surface area contributed by atoms with Gasteiger partial charge >= 0.3 is 0 Å². The number of rotatable bonds is 10. The number of benzene rings is 3. The van der Waals surface area contributed by atoms with Gasteiger partial charge in [0.05, 0.1) is 10.6 Å². The van der Waals surface area contributed by atoms with Gasteiger partial charge in [-0.2, -0.15) is 11.8 Å². The summed E-state index contributed by atoms with van der Waals surface area (Å²) in [6, 6.07) is 22.9. The number of halogens is 1. The molecule has 32 heavy (non-hydrogen) atoms. The topological polar surface area (TPSA) is 66.5 Å². The van der Waals surface area contributed by atoms with Crippen molar-refractivity contribution in [2.75, 3.05) is 23.1 Å². The van der Waals surface area contributed by atoms with E-state index >= 15 is 0 Å². The zero-order valence-corrected chi connectivity index (χ0v) is 20.1. The second-order valence-corrected chi connectivity index (χ2v) is 10.6. The maximum Gasteiger partial charge on any atom is 0.264 e. The summed E-state index contributed by atoms with van der Waals surface area (Å²) in [6.07, 6.45) is 0. The van der Waals surface area contributed by atoms with E-state index in [1.165, 1.54) is 35.4 Å². The Morgan fingerprint density at radius 1 is 0.969 bits per heavy atom. The number of nitrogens with zero attached hydrogens (tertiary/aromatic N) is 1. The van der Waals surface area contributed by atoms with Crippen LogP contribution in [0.5, 0.6) is 0 Å². The maximum absolute atomic E-state index is 13.2. The molecule has 0 saturated heterocycles. The van der Waals surface area contributed by atoms with E-state index in [9.17, 15) is 13.2 Å². The molecule has 1 N–H and O–H groups in total. The zero-order chi connectivity index (χ0) is 23.0. The number of sulfonamides is 1. The number of carbonyl (C=O) groups excluding carboxylic acids is 1. The lowest BCUT2D eigenvalue weighted by Gasteiger charge is -2.24. The highest BCUT2D eigenvalue weighted by atomic mass is 35.5. The lowest BCUT2D eigenvalue weighted by Crippen LogP contribution is -2.41. The fourth-order valence-electron chi connectivity index (χ4n) is 2.97. The molecular weight excluding hydrogens is 464 g/mol. The number of para-hydroxylation sites is 1. The van der Waals surface area contributed by atoms with Crippen LogP contribution in [-0.2, 0) is 20.6 Å². The third kappa shape index (κ3) is 6.76. The molecule has 168 valence electrons. The van der Waals surface area contributed by atoms with Crippen LogP contribution in [0.1, 0.15) is 11.1 Å². The molecule has 3 aromatic carbocycles. The summed E-state index contributed by atoms with van der Waals surface area (Å²) in [5.74, 6) is 1.23. The summed E-state index contributed by atoms with van der Waals surface area (Å²) in [7, 11) is -3.93. The molecule has 0 spiro atoms. The fraction of sp³-hybridized carbons (Fsp3) is 0.208. The van der Waals surface area contributed by atoms with Crippen LogP contribution >= 0.6 is 23.4 Å². The van der Waals surface area contributed by atoms with Crippen molar-refractivity contribution in [2.24, 2.45) is 0 Å². The van der Waals surface area contributed by atoms with Gasteiger partial charge in [-0.3, -0.25) is 9.10 Å². The molecule has 0 aromatic heterocycles. The molecule has 0 radical (unpaired) electrons. The van der Waals surface area contributed by atoms with Crippen LogP contribution in [0.25, 0.3) is 0 Å². The average Bonchev–Trinajstić information content (AvgIpc) is 2.79. The highest BCUT2D eigenvalue weighted by Crippen LogP contribution is 2.24. The Bertz CT molecular complexity index is 1120. The first-order chi connectivity index (χ1) is 15.4. The number of carbonyl (C=O) groups is 1. The van der Waals surface area contributed by atoms with Crippen LogP contribution in [0.2, 0.25) is 5.02 Å². The van der Waals surface area contributed by atoms with Gasteiger partial charge in [-0.15, -0.1) is 0 Å². The Labute approximate surface area is 198 Å². The summed E-state index contributed by atoms with van der Waals surface area (Å²) in [5.41, 5.74) is 2.88. The van der Waals surface area contributed by atoms with Crippen LogP contribution in [0.15, 0.2) is 83.8 Å². The van der Waals surface area contributed by atoms with E-state index < -0.39 is 10.0 Å². The first-order valence-electron chi connectivity index (χ1n) is 10.1. The van der Waals surface area contributed by atoms with Gasteiger partial charge in [0.1, 0.15) is 6.54 Å². The second-order valence-electron chi connectivity index (χ2n) is 7.19. The molecule has 0 fully saturated rings. The van der Waals surface area contributed by atoms with Gasteiger partial charge < -0.3 is 5.32 Å². The van der Waals surface area contributed by atoms with Crippen molar-refractivity contribution in [3.63, 3.8) is 0 Å². The number of aryl methyl sites for hydroxylation is 1. The quantitative estimate of drug-likeness (QED) is 0.412. The van der Waals surface area contributed by atoms with E-state index in [0.29, 0.717) is 17.3 Å². The highest BCUT2D eigenvalue weighted by Gasteiger charge is 2.27. The Hall–Kier alpha value is -2.48. The van der Waals surface area contributed by atoms with E-state index in [1.807, 2.05) is 0 Å². The van der Waals surface area contributed by atoms with E-state index in [2.05, 4.69) is 36.5 Å². The first kappa shape index (κ1) is 24.2. The maximum atomic E-state index is 13.2. The standard InChI is InChI=1S/C24H25ClN2O3S2/c1-19-7-9-20(10-8-19)18-31-16-15-26-24(28)17-27(22-5-3-2-4-6-22)32(29,30)23-13-11-21(25)12-14-23/h2-14H,15-18H2,1H3,(H,26,28). The highest BCUT2D eigenvalue weighted by molar-refractivity contribution is 7.98. The molecule has 0 heterocycles. The van der Waals surface area contributed by atoms with Crippen molar-refractivity contribution < 1.29 is 13.2 Å². The minimum Gasteiger partial charge on any atom is -0.354 e. The Kier molecular flexibility index (Phi) is 8.61. The molecule has 0 aliphatic carbocycles. The molecule has 0 unspecified atom stereocenters. The van der Waals surface area contributed by atoms with Gasteiger partial charge in [-0.05, 0) is 48.9 Å². The molecule has 3 rings (SSSR count). The van der Waals surface area contributed by atoms with Gasteiger partial charge in [0.25, 0.3) is 10.0 Å². The number of hydrogen-bond acceptors (Lipinski definition) is 4. The zero-order valence-electron chi connectivity index (χ0n) is 17.7. The van der Waals surface area contributed by atoms with Crippen LogP contribution < -0.4 is 9.62 Å². The molecule has 8 heteroatoms. The van der Waals surface area contributed by atoms with E-state index in [-0.39, 0.29) is 17.3 Å². The molecule has 1 amide bonds. The molecular formula is C24H25ClN2O3S2. The summed E-state index contributed by atoms with van der Waals surface area (Å²) in [5, 5.41) is 3.26. The third-order valence-corrected chi connectivity index (χ3v) is 7.76. The average molecular weight is 489 g/mol. The van der Waals surface area contributed by atoms with Crippen molar-refractivity contribution in [3.05, 3.63) is 95.0 Å². The summed E-state index contributed by atoms with van der Waals surface area (Å²) in [4.78, 5) is 12.7. The van der Waals surface area contributed by atoms with Crippen molar-refractivity contribution in [3.8, 4) is 0 Å². The van der Waals surface area contributed by atoms with Gasteiger partial charge in [-0.25, -0.2) is 8.42 Å². The van der Waals surface area contributed by atoms with Crippen LogP contribution in [-0.4, -0.2) is 33.2 Å². The fourth-order valence-corrected chi connectivity index (χ4v) is 5.33. The number of anilines is 1. The number of nitrogens with one attached hydrogen (secondary N) is 1. The van der Waals surface area contributed by atoms with Gasteiger partial charge in [-0.1, -0.05) is 59.6 Å². The summed E-state index contributed by atoms with van der Waals surface area (Å²) >= 11 is 7.61. The Morgan fingerprint density at radius 2 is 1.62 bits per heavy atom. The summed E-state index contributed by atoms with van der Waals surface area (Å²) < 4.78 is 27.6. The van der Waals surface area contributed by atoms with Crippen molar-refractivity contribution in [1.29, 1.82) is 0 Å². The summed E-state index contributed by atoms with van der Waals surface area (Å²) in [6.45, 7) is 2.20. The van der Waals surface area contributed by atoms with Gasteiger partial charge in [0.2, 0.25) is 5.91 Å². The molecule has 0 bridgehead atoms. The predicted octanol–water partition coefficient (Wildman–Crippen LogP) is 4.89. The van der Waals surface area contributed by atoms with E-state index in [0.717, 1.165) is 15.8 Å².